The van der Waals surface area contributed by atoms with E-state index >= 15 is 0 Å². The molecule has 0 rings (SSSR count). The molecule has 0 saturated heterocycles. The number of halogens is 2. The molecule has 0 aliphatic rings. The van der Waals surface area contributed by atoms with Crippen LogP contribution in [0.3, 0.4) is 0 Å². The van der Waals surface area contributed by atoms with Gasteiger partial charge in [-0.1, -0.05) is 0 Å². The molecule has 0 fully saturated rings. The van der Waals surface area contributed by atoms with Crippen LogP contribution < -0.4 is 24.6 Å². The van der Waals surface area contributed by atoms with E-state index < -0.39 is 0 Å². The van der Waals surface area contributed by atoms with Gasteiger partial charge in [0.1, 0.15) is 0 Å². The molecule has 0 aliphatic carbocycles. The molecular formula is H14Br2N4Pd. The van der Waals surface area contributed by atoms with Crippen molar-refractivity contribution in [2.45, 2.75) is 0 Å². The summed E-state index contributed by atoms with van der Waals surface area (Å²) in [6, 6.07) is 0. The van der Waals surface area contributed by atoms with E-state index in [2.05, 4.69) is 0 Å². The Morgan fingerprint density at radius 2 is 0.429 bits per heavy atom. The fourth-order valence-electron chi connectivity index (χ4n) is 0. The van der Waals surface area contributed by atoms with Crippen molar-refractivity contribution < 1.29 is 20.4 Å². The molecule has 0 saturated carbocycles. The van der Waals surface area contributed by atoms with Crippen molar-refractivity contribution in [2.75, 3.05) is 0 Å². The van der Waals surface area contributed by atoms with Gasteiger partial charge in [0.05, 0.1) is 0 Å². The summed E-state index contributed by atoms with van der Waals surface area (Å²) in [5, 5.41) is 0. The molecule has 0 amide bonds. The third kappa shape index (κ3) is 104. The number of hydrogen-bond acceptors (Lipinski definition) is 4. The summed E-state index contributed by atoms with van der Waals surface area (Å²) in [5.74, 6) is 0. The summed E-state index contributed by atoms with van der Waals surface area (Å²) in [7, 11) is 0. The monoisotopic (exact) mass is 334 g/mol. The number of rotatable bonds is 0. The molecule has 7 heteroatoms. The normalized spacial score (nSPS) is 0. The van der Waals surface area contributed by atoms with E-state index in [4.69, 9.17) is 0 Å². The Morgan fingerprint density at radius 1 is 0.429 bits per heavy atom. The molecule has 4 nitrogen and oxygen atoms in total. The largest absolute Gasteiger partial charge is 0.344 e. The van der Waals surface area contributed by atoms with E-state index in [1.165, 1.54) is 0 Å². The summed E-state index contributed by atoms with van der Waals surface area (Å²) >= 11 is 0. The van der Waals surface area contributed by atoms with Gasteiger partial charge < -0.3 is 24.6 Å². The van der Waals surface area contributed by atoms with Gasteiger partial charge in [-0.05, 0) is 0 Å². The molecule has 0 aromatic rings. The van der Waals surface area contributed by atoms with Crippen molar-refractivity contribution in [3.63, 3.8) is 0 Å². The van der Waals surface area contributed by atoms with Gasteiger partial charge in [-0.25, -0.2) is 0 Å². The Hall–Kier alpha value is 1.46. The van der Waals surface area contributed by atoms with Crippen molar-refractivity contribution in [1.82, 2.24) is 24.6 Å². The van der Waals surface area contributed by atoms with Crippen LogP contribution in [0, 0.1) is 0 Å². The molecule has 12 N–H and O–H groups in total. The van der Waals surface area contributed by atoms with Crippen molar-refractivity contribution in [2.24, 2.45) is 0 Å². The summed E-state index contributed by atoms with van der Waals surface area (Å²) in [4.78, 5) is 0. The van der Waals surface area contributed by atoms with Crippen LogP contribution in [-0.4, -0.2) is 0 Å². The Balaban J connectivity index is 0. The van der Waals surface area contributed by atoms with Crippen LogP contribution >= 0.6 is 34.0 Å². The minimum absolute atomic E-state index is 0. The third-order valence-corrected chi connectivity index (χ3v) is 0. The van der Waals surface area contributed by atoms with Crippen LogP contribution in [0.15, 0.2) is 0 Å². The van der Waals surface area contributed by atoms with Crippen molar-refractivity contribution in [3.05, 3.63) is 0 Å². The first-order valence-corrected chi connectivity index (χ1v) is 0. The quantitative estimate of drug-likeness (QED) is 0.501. The predicted molar refractivity (Wildman–Crippen MR) is 40.7 cm³/mol. The van der Waals surface area contributed by atoms with Crippen LogP contribution in [0.5, 0.6) is 0 Å². The first kappa shape index (κ1) is 220. The van der Waals surface area contributed by atoms with Crippen molar-refractivity contribution in [3.8, 4) is 0 Å². The van der Waals surface area contributed by atoms with E-state index in [0.29, 0.717) is 0 Å². The molecule has 58 valence electrons. The number of hydrogen-bond donors (Lipinski definition) is 4. The second-order valence-electron chi connectivity index (χ2n) is 0. The van der Waals surface area contributed by atoms with E-state index in [-0.39, 0.29) is 79.0 Å². The molecule has 0 heterocycles. The summed E-state index contributed by atoms with van der Waals surface area (Å²) in [6.45, 7) is 0. The average Bonchev–Trinajstić information content (AvgIpc) is 0. The maximum absolute atomic E-state index is 0. The van der Waals surface area contributed by atoms with E-state index in [1.807, 2.05) is 0 Å². The summed E-state index contributed by atoms with van der Waals surface area (Å²) < 4.78 is 0. The Morgan fingerprint density at radius 3 is 0.429 bits per heavy atom. The van der Waals surface area contributed by atoms with Crippen LogP contribution in [-0.2, 0) is 20.4 Å². The first-order chi connectivity index (χ1) is 0. The fraction of sp³-hybridized carbons (Fsp3) is 0. The Kier molecular flexibility index (Phi) is 4590. The van der Waals surface area contributed by atoms with Crippen LogP contribution in [0.25, 0.3) is 0 Å². The van der Waals surface area contributed by atoms with Gasteiger partial charge in [-0.2, -0.15) is 0 Å². The molecule has 0 aromatic heterocycles. The summed E-state index contributed by atoms with van der Waals surface area (Å²) in [5.41, 5.74) is 0. The van der Waals surface area contributed by atoms with E-state index in [9.17, 15) is 0 Å². The predicted octanol–water partition coefficient (Wildman–Crippen LogP) is 1.80. The molecule has 0 aliphatic heterocycles. The Labute approximate surface area is 78.7 Å². The topological polar surface area (TPSA) is 140 Å². The van der Waals surface area contributed by atoms with E-state index in [1.54, 1.807) is 0 Å². The minimum atomic E-state index is 0. The van der Waals surface area contributed by atoms with Gasteiger partial charge in [0.15, 0.2) is 0 Å². The smallest absolute Gasteiger partial charge is 0 e. The molecule has 0 aromatic carbocycles. The summed E-state index contributed by atoms with van der Waals surface area (Å²) in [6.07, 6.45) is 0. The molecule has 7 heavy (non-hydrogen) atoms. The zero-order valence-electron chi connectivity index (χ0n) is 3.96. The third-order valence-electron chi connectivity index (χ3n) is 0. The van der Waals surface area contributed by atoms with Gasteiger partial charge in [0.25, 0.3) is 0 Å². The van der Waals surface area contributed by atoms with Crippen LogP contribution in [0.2, 0.25) is 0 Å². The Bertz CT molecular complexity index is 9.65. The minimum Gasteiger partial charge on any atom is -0.344 e. The van der Waals surface area contributed by atoms with Crippen LogP contribution in [0.4, 0.5) is 0 Å². The zero-order valence-corrected chi connectivity index (χ0v) is 8.94. The second-order valence-corrected chi connectivity index (χ2v) is 0. The van der Waals surface area contributed by atoms with Crippen molar-refractivity contribution in [1.29, 1.82) is 0 Å². The fourth-order valence-corrected chi connectivity index (χ4v) is 0. The zero-order chi connectivity index (χ0) is 0. The average molecular weight is 336 g/mol. The van der Waals surface area contributed by atoms with Gasteiger partial charge in [0, 0.05) is 20.4 Å². The van der Waals surface area contributed by atoms with Gasteiger partial charge in [-0.15, -0.1) is 34.0 Å². The second kappa shape index (κ2) is 146. The van der Waals surface area contributed by atoms with Gasteiger partial charge >= 0.3 is 0 Å². The maximum atomic E-state index is 0. The molecule has 0 radical (unpaired) electrons. The standard InChI is InChI=1S/2BrH.4H3N.Pd/h2*1H;4*1H3;. The molecule has 0 spiro atoms. The van der Waals surface area contributed by atoms with Crippen LogP contribution in [0.1, 0.15) is 0 Å². The molecule has 0 bridgehead atoms. The first-order valence-electron chi connectivity index (χ1n) is 0. The maximum Gasteiger partial charge on any atom is 0 e. The molecule has 0 atom stereocenters. The van der Waals surface area contributed by atoms with Crippen molar-refractivity contribution >= 4 is 34.0 Å². The van der Waals surface area contributed by atoms with Gasteiger partial charge in [-0.3, -0.25) is 0 Å². The van der Waals surface area contributed by atoms with Gasteiger partial charge in [0.2, 0.25) is 0 Å². The molecule has 0 unspecified atom stereocenters. The molecular weight excluding hydrogens is 322 g/mol. The van der Waals surface area contributed by atoms with E-state index in [0.717, 1.165) is 0 Å². The SMILES string of the molecule is Br.Br.N.N.N.N.[Pd].